The van der Waals surface area contributed by atoms with Gasteiger partial charge in [-0.05, 0) is 51.4 Å². The third-order valence-electron chi connectivity index (χ3n) is 8.63. The molecule has 48 heavy (non-hydrogen) atoms. The number of carbonyl (C=O) groups is 2. The molecule has 0 fully saturated rings. The van der Waals surface area contributed by atoms with Crippen molar-refractivity contribution in [2.45, 2.75) is 200 Å². The number of carbonyl (C=O) groups excluding carboxylic acids is 2. The summed E-state index contributed by atoms with van der Waals surface area (Å²) in [6.45, 7) is 4.07. The Bertz CT molecular complexity index is 812. The summed E-state index contributed by atoms with van der Waals surface area (Å²) < 4.78 is 10.6. The number of hydrogen-bond donors (Lipinski definition) is 1. The van der Waals surface area contributed by atoms with Crippen LogP contribution in [-0.4, -0.2) is 36.4 Å². The van der Waals surface area contributed by atoms with Crippen LogP contribution in [0.4, 0.5) is 0 Å². The number of rotatable bonds is 36. The Balaban J connectivity index is 3.63. The Hall–Kier alpha value is -2.14. The molecule has 278 valence electrons. The lowest BCUT2D eigenvalue weighted by Crippen LogP contribution is -2.28. The second-order valence-electron chi connectivity index (χ2n) is 13.4. The monoisotopic (exact) mass is 673 g/mol. The van der Waals surface area contributed by atoms with E-state index in [2.05, 4.69) is 62.5 Å². The molecule has 0 rings (SSSR count). The lowest BCUT2D eigenvalue weighted by Gasteiger charge is -2.15. The SMILES string of the molecule is CCCCCC=CCC=CCC=CCC=CCCCC(=O)OC(CO)COC(=O)CCCCCCCCCCCCCCCCCCC. The number of hydrogen-bond acceptors (Lipinski definition) is 5. The van der Waals surface area contributed by atoms with Crippen LogP contribution in [0.1, 0.15) is 194 Å². The number of aliphatic hydroxyl groups is 1. The summed E-state index contributed by atoms with van der Waals surface area (Å²) in [7, 11) is 0. The summed E-state index contributed by atoms with van der Waals surface area (Å²) in [5.74, 6) is -0.653. The van der Waals surface area contributed by atoms with Crippen molar-refractivity contribution in [3.8, 4) is 0 Å². The van der Waals surface area contributed by atoms with E-state index in [4.69, 9.17) is 9.47 Å². The van der Waals surface area contributed by atoms with Gasteiger partial charge in [-0.1, -0.05) is 178 Å². The molecule has 0 saturated carbocycles. The van der Waals surface area contributed by atoms with Gasteiger partial charge in [0.05, 0.1) is 6.61 Å². The van der Waals surface area contributed by atoms with Gasteiger partial charge in [0.1, 0.15) is 6.61 Å². The van der Waals surface area contributed by atoms with Gasteiger partial charge >= 0.3 is 11.9 Å². The molecular formula is C43H76O5. The number of aliphatic hydroxyl groups excluding tert-OH is 1. The molecule has 1 atom stereocenters. The van der Waals surface area contributed by atoms with Crippen LogP contribution in [0.25, 0.3) is 0 Å². The van der Waals surface area contributed by atoms with Gasteiger partial charge in [-0.3, -0.25) is 9.59 Å². The zero-order valence-electron chi connectivity index (χ0n) is 31.5. The van der Waals surface area contributed by atoms with Crippen molar-refractivity contribution in [3.05, 3.63) is 48.6 Å². The molecule has 0 radical (unpaired) electrons. The summed E-state index contributed by atoms with van der Waals surface area (Å²) >= 11 is 0. The minimum atomic E-state index is -0.798. The van der Waals surface area contributed by atoms with Crippen LogP contribution in [0.15, 0.2) is 48.6 Å². The first-order chi connectivity index (χ1) is 23.6. The average Bonchev–Trinajstić information content (AvgIpc) is 3.09. The van der Waals surface area contributed by atoms with Crippen molar-refractivity contribution in [2.75, 3.05) is 13.2 Å². The molecule has 0 aliphatic heterocycles. The van der Waals surface area contributed by atoms with Crippen LogP contribution >= 0.6 is 0 Å². The molecule has 0 amide bonds. The summed E-state index contributed by atoms with van der Waals surface area (Å²) in [6.07, 6.45) is 48.9. The fourth-order valence-corrected chi connectivity index (χ4v) is 5.55. The molecule has 0 aromatic rings. The van der Waals surface area contributed by atoms with Gasteiger partial charge in [-0.15, -0.1) is 0 Å². The minimum Gasteiger partial charge on any atom is -0.462 e. The van der Waals surface area contributed by atoms with Crippen LogP contribution in [-0.2, 0) is 19.1 Å². The van der Waals surface area contributed by atoms with Crippen LogP contribution in [0.3, 0.4) is 0 Å². The largest absolute Gasteiger partial charge is 0.462 e. The van der Waals surface area contributed by atoms with Crippen molar-refractivity contribution in [2.24, 2.45) is 0 Å². The van der Waals surface area contributed by atoms with Gasteiger partial charge in [0.2, 0.25) is 0 Å². The normalized spacial score (nSPS) is 12.6. The first kappa shape index (κ1) is 45.9. The van der Waals surface area contributed by atoms with E-state index in [9.17, 15) is 14.7 Å². The standard InChI is InChI=1S/C43H76O5/c1-3-5-7-9-11-13-15-17-19-21-23-25-27-29-31-33-35-37-42(45)47-40-41(39-44)48-43(46)38-36-34-32-30-28-26-24-22-20-18-16-14-12-10-8-6-4-2/h12,14,18,20,24,26,30,32,41,44H,3-11,13,15-17,19,21-23,25,27-29,31,33-40H2,1-2H3. The Morgan fingerprint density at radius 3 is 1.31 bits per heavy atom. The second kappa shape index (κ2) is 39.3. The predicted molar refractivity (Wildman–Crippen MR) is 205 cm³/mol. The van der Waals surface area contributed by atoms with E-state index in [1.807, 2.05) is 0 Å². The average molecular weight is 673 g/mol. The summed E-state index contributed by atoms with van der Waals surface area (Å²) in [5.41, 5.74) is 0. The number of ether oxygens (including phenoxy) is 2. The van der Waals surface area contributed by atoms with E-state index in [1.165, 1.54) is 116 Å². The van der Waals surface area contributed by atoms with Crippen molar-refractivity contribution in [3.63, 3.8) is 0 Å². The topological polar surface area (TPSA) is 72.8 Å². The van der Waals surface area contributed by atoms with Crippen LogP contribution < -0.4 is 0 Å². The molecule has 1 N–H and O–H groups in total. The molecule has 0 aromatic heterocycles. The number of allylic oxidation sites excluding steroid dienone is 8. The summed E-state index contributed by atoms with van der Waals surface area (Å²) in [6, 6.07) is 0. The van der Waals surface area contributed by atoms with Crippen molar-refractivity contribution >= 4 is 11.9 Å². The molecule has 0 saturated heterocycles. The predicted octanol–water partition coefficient (Wildman–Crippen LogP) is 12.6. The molecule has 0 heterocycles. The van der Waals surface area contributed by atoms with Gasteiger partial charge in [0.25, 0.3) is 0 Å². The van der Waals surface area contributed by atoms with Gasteiger partial charge in [-0.2, -0.15) is 0 Å². The Morgan fingerprint density at radius 2 is 0.854 bits per heavy atom. The molecule has 5 nitrogen and oxygen atoms in total. The maximum absolute atomic E-state index is 12.1. The summed E-state index contributed by atoms with van der Waals surface area (Å²) in [4.78, 5) is 24.2. The summed E-state index contributed by atoms with van der Waals surface area (Å²) in [5, 5.41) is 9.55. The highest BCUT2D eigenvalue weighted by Crippen LogP contribution is 2.14. The highest BCUT2D eigenvalue weighted by Gasteiger charge is 2.15. The third kappa shape index (κ3) is 36.7. The second-order valence-corrected chi connectivity index (χ2v) is 13.4. The molecule has 0 aliphatic rings. The Morgan fingerprint density at radius 1 is 0.479 bits per heavy atom. The van der Waals surface area contributed by atoms with Gasteiger partial charge in [-0.25, -0.2) is 0 Å². The molecule has 0 spiro atoms. The van der Waals surface area contributed by atoms with E-state index in [0.29, 0.717) is 12.8 Å². The highest BCUT2D eigenvalue weighted by atomic mass is 16.6. The first-order valence-electron chi connectivity index (χ1n) is 20.2. The van der Waals surface area contributed by atoms with E-state index in [0.717, 1.165) is 44.9 Å². The van der Waals surface area contributed by atoms with Crippen LogP contribution in [0.5, 0.6) is 0 Å². The maximum Gasteiger partial charge on any atom is 0.306 e. The molecule has 5 heteroatoms. The van der Waals surface area contributed by atoms with Gasteiger partial charge < -0.3 is 14.6 Å². The van der Waals surface area contributed by atoms with Crippen molar-refractivity contribution < 1.29 is 24.2 Å². The number of unbranched alkanes of at least 4 members (excludes halogenated alkanes) is 20. The molecule has 1 unspecified atom stereocenters. The van der Waals surface area contributed by atoms with Crippen LogP contribution in [0, 0.1) is 0 Å². The Kier molecular flexibility index (Phi) is 37.5. The molecule has 0 aromatic carbocycles. The number of esters is 2. The van der Waals surface area contributed by atoms with E-state index in [-0.39, 0.29) is 31.6 Å². The van der Waals surface area contributed by atoms with Gasteiger partial charge in [0.15, 0.2) is 6.10 Å². The zero-order chi connectivity index (χ0) is 35.0. The lowest BCUT2D eigenvalue weighted by molar-refractivity contribution is -0.161. The molecule has 0 bridgehead atoms. The highest BCUT2D eigenvalue weighted by molar-refractivity contribution is 5.70. The van der Waals surface area contributed by atoms with E-state index < -0.39 is 6.10 Å². The Labute approximate surface area is 297 Å². The van der Waals surface area contributed by atoms with Crippen molar-refractivity contribution in [1.29, 1.82) is 0 Å². The van der Waals surface area contributed by atoms with E-state index >= 15 is 0 Å². The molecular weight excluding hydrogens is 596 g/mol. The molecule has 0 aliphatic carbocycles. The zero-order valence-corrected chi connectivity index (χ0v) is 31.5. The minimum absolute atomic E-state index is 0.0861. The smallest absolute Gasteiger partial charge is 0.306 e. The third-order valence-corrected chi connectivity index (χ3v) is 8.63. The first-order valence-corrected chi connectivity index (χ1v) is 20.2. The fraction of sp³-hybridized carbons (Fsp3) is 0.767. The fourth-order valence-electron chi connectivity index (χ4n) is 5.55. The van der Waals surface area contributed by atoms with Crippen LogP contribution in [0.2, 0.25) is 0 Å². The quantitative estimate of drug-likeness (QED) is 0.0407. The van der Waals surface area contributed by atoms with Gasteiger partial charge in [0, 0.05) is 12.8 Å². The maximum atomic E-state index is 12.1. The lowest BCUT2D eigenvalue weighted by atomic mass is 10.0. The van der Waals surface area contributed by atoms with Crippen molar-refractivity contribution in [1.82, 2.24) is 0 Å². The van der Waals surface area contributed by atoms with E-state index in [1.54, 1.807) is 0 Å².